The van der Waals surface area contributed by atoms with Crippen molar-refractivity contribution in [3.63, 3.8) is 0 Å². The van der Waals surface area contributed by atoms with Gasteiger partial charge in [0.25, 0.3) is 0 Å². The Morgan fingerprint density at radius 1 is 1.45 bits per heavy atom. The predicted molar refractivity (Wildman–Crippen MR) is 48.0 cm³/mol. The first-order valence-electron chi connectivity index (χ1n) is 4.31. The molecule has 0 amide bonds. The highest BCUT2D eigenvalue weighted by Gasteiger charge is 2.07. The molecule has 1 N–H and O–H groups in total. The van der Waals surface area contributed by atoms with E-state index in [9.17, 15) is 0 Å². The van der Waals surface area contributed by atoms with E-state index in [1.165, 1.54) is 6.42 Å². The quantitative estimate of drug-likeness (QED) is 0.466. The maximum Gasteiger partial charge on any atom is 0.166 e. The summed E-state index contributed by atoms with van der Waals surface area (Å²) in [5.41, 5.74) is 0. The SMILES string of the molecule is CCC(COC=N)CC(C)C. The van der Waals surface area contributed by atoms with E-state index < -0.39 is 0 Å². The highest BCUT2D eigenvalue weighted by Crippen LogP contribution is 2.14. The van der Waals surface area contributed by atoms with Crippen LogP contribution in [0, 0.1) is 17.2 Å². The number of ether oxygens (including phenoxy) is 1. The van der Waals surface area contributed by atoms with Crippen molar-refractivity contribution < 1.29 is 4.74 Å². The molecule has 0 aliphatic carbocycles. The Kier molecular flexibility index (Phi) is 5.90. The molecule has 1 unspecified atom stereocenters. The van der Waals surface area contributed by atoms with Gasteiger partial charge in [-0.05, 0) is 18.3 Å². The van der Waals surface area contributed by atoms with Crippen molar-refractivity contribution in [2.45, 2.75) is 33.6 Å². The molecule has 0 aromatic rings. The summed E-state index contributed by atoms with van der Waals surface area (Å²) in [5, 5.41) is 6.71. The van der Waals surface area contributed by atoms with E-state index in [1.807, 2.05) is 0 Å². The van der Waals surface area contributed by atoms with Crippen LogP contribution >= 0.6 is 0 Å². The molecule has 0 rings (SSSR count). The molecule has 66 valence electrons. The molecule has 0 saturated carbocycles. The van der Waals surface area contributed by atoms with Crippen molar-refractivity contribution in [2.75, 3.05) is 6.61 Å². The van der Waals surface area contributed by atoms with E-state index in [0.29, 0.717) is 12.5 Å². The second kappa shape index (κ2) is 6.20. The summed E-state index contributed by atoms with van der Waals surface area (Å²) in [6.07, 6.45) is 3.37. The van der Waals surface area contributed by atoms with Crippen LogP contribution in [0.5, 0.6) is 0 Å². The zero-order valence-corrected chi connectivity index (χ0v) is 7.76. The lowest BCUT2D eigenvalue weighted by Gasteiger charge is -2.15. The van der Waals surface area contributed by atoms with Gasteiger partial charge in [0.05, 0.1) is 6.61 Å². The lowest BCUT2D eigenvalue weighted by molar-refractivity contribution is 0.219. The molecule has 11 heavy (non-hydrogen) atoms. The lowest BCUT2D eigenvalue weighted by Crippen LogP contribution is -2.10. The smallest absolute Gasteiger partial charge is 0.166 e. The molecule has 0 aromatic heterocycles. The molecule has 1 atom stereocenters. The zero-order chi connectivity index (χ0) is 8.69. The number of hydrogen-bond donors (Lipinski definition) is 1. The van der Waals surface area contributed by atoms with Gasteiger partial charge in [-0.15, -0.1) is 0 Å². The van der Waals surface area contributed by atoms with Crippen LogP contribution in [0.25, 0.3) is 0 Å². The minimum atomic E-state index is 0.622. The molecule has 0 heterocycles. The Morgan fingerprint density at radius 2 is 2.09 bits per heavy atom. The highest BCUT2D eigenvalue weighted by molar-refractivity contribution is 5.40. The van der Waals surface area contributed by atoms with Crippen LogP contribution in [0.1, 0.15) is 33.6 Å². The molecule has 0 aromatic carbocycles. The van der Waals surface area contributed by atoms with Crippen LogP contribution in [-0.4, -0.2) is 13.0 Å². The Labute approximate surface area is 69.5 Å². The summed E-state index contributed by atoms with van der Waals surface area (Å²) in [6, 6.07) is 0. The Hall–Kier alpha value is -0.530. The van der Waals surface area contributed by atoms with Crippen molar-refractivity contribution in [3.05, 3.63) is 0 Å². The Morgan fingerprint density at radius 3 is 2.45 bits per heavy atom. The third kappa shape index (κ3) is 5.89. The van der Waals surface area contributed by atoms with E-state index in [4.69, 9.17) is 10.1 Å². The first kappa shape index (κ1) is 10.5. The summed E-state index contributed by atoms with van der Waals surface area (Å²) < 4.78 is 4.93. The van der Waals surface area contributed by atoms with Crippen molar-refractivity contribution >= 4 is 6.40 Å². The monoisotopic (exact) mass is 157 g/mol. The third-order valence-corrected chi connectivity index (χ3v) is 1.80. The average Bonchev–Trinajstić information content (AvgIpc) is 1.97. The lowest BCUT2D eigenvalue weighted by atomic mass is 9.96. The van der Waals surface area contributed by atoms with Gasteiger partial charge in [-0.3, -0.25) is 5.41 Å². The van der Waals surface area contributed by atoms with Crippen LogP contribution in [0.2, 0.25) is 0 Å². The summed E-state index contributed by atoms with van der Waals surface area (Å²) >= 11 is 0. The second-order valence-corrected chi connectivity index (χ2v) is 3.36. The van der Waals surface area contributed by atoms with Gasteiger partial charge in [-0.1, -0.05) is 27.2 Å². The van der Waals surface area contributed by atoms with E-state index >= 15 is 0 Å². The van der Waals surface area contributed by atoms with Gasteiger partial charge in [-0.2, -0.15) is 0 Å². The average molecular weight is 157 g/mol. The van der Waals surface area contributed by atoms with Gasteiger partial charge < -0.3 is 4.74 Å². The molecule has 2 heteroatoms. The van der Waals surface area contributed by atoms with E-state index in [0.717, 1.165) is 18.7 Å². The highest BCUT2D eigenvalue weighted by atomic mass is 16.5. The van der Waals surface area contributed by atoms with Gasteiger partial charge in [-0.25, -0.2) is 0 Å². The van der Waals surface area contributed by atoms with Gasteiger partial charge >= 0.3 is 0 Å². The van der Waals surface area contributed by atoms with Gasteiger partial charge in [0.2, 0.25) is 0 Å². The largest absolute Gasteiger partial charge is 0.483 e. The first-order chi connectivity index (χ1) is 5.20. The summed E-state index contributed by atoms with van der Waals surface area (Å²) in [5.74, 6) is 1.35. The Balaban J connectivity index is 3.48. The van der Waals surface area contributed by atoms with E-state index in [1.54, 1.807) is 0 Å². The molecule has 0 radical (unpaired) electrons. The number of rotatable bonds is 6. The fraction of sp³-hybridized carbons (Fsp3) is 0.889. The molecule has 0 saturated heterocycles. The van der Waals surface area contributed by atoms with Crippen LogP contribution in [0.3, 0.4) is 0 Å². The summed E-state index contributed by atoms with van der Waals surface area (Å²) in [6.45, 7) is 7.30. The fourth-order valence-corrected chi connectivity index (χ4v) is 1.20. The van der Waals surface area contributed by atoms with Crippen molar-refractivity contribution in [1.82, 2.24) is 0 Å². The maximum absolute atomic E-state index is 6.71. The minimum Gasteiger partial charge on any atom is -0.483 e. The number of nitrogens with one attached hydrogen (secondary N) is 1. The van der Waals surface area contributed by atoms with Crippen molar-refractivity contribution in [2.24, 2.45) is 11.8 Å². The van der Waals surface area contributed by atoms with Crippen LogP contribution in [0.4, 0.5) is 0 Å². The maximum atomic E-state index is 6.71. The third-order valence-electron chi connectivity index (χ3n) is 1.80. The molecule has 2 nitrogen and oxygen atoms in total. The van der Waals surface area contributed by atoms with Crippen molar-refractivity contribution in [3.8, 4) is 0 Å². The van der Waals surface area contributed by atoms with Gasteiger partial charge in [0, 0.05) is 0 Å². The minimum absolute atomic E-state index is 0.622. The second-order valence-electron chi connectivity index (χ2n) is 3.36. The summed E-state index contributed by atoms with van der Waals surface area (Å²) in [4.78, 5) is 0. The molecule has 0 fully saturated rings. The zero-order valence-electron chi connectivity index (χ0n) is 7.76. The molecule has 0 spiro atoms. The topological polar surface area (TPSA) is 33.1 Å². The standard InChI is InChI=1S/C9H19NO/c1-4-9(5-8(2)3)6-11-7-10/h7-10H,4-6H2,1-3H3. The predicted octanol–water partition coefficient (Wildman–Crippen LogP) is 2.68. The fourth-order valence-electron chi connectivity index (χ4n) is 1.20. The van der Waals surface area contributed by atoms with E-state index in [-0.39, 0.29) is 0 Å². The number of hydrogen-bond acceptors (Lipinski definition) is 2. The normalized spacial score (nSPS) is 13.1. The van der Waals surface area contributed by atoms with E-state index in [2.05, 4.69) is 20.8 Å². The van der Waals surface area contributed by atoms with Gasteiger partial charge in [0.15, 0.2) is 6.40 Å². The molecule has 0 aliphatic rings. The summed E-state index contributed by atoms with van der Waals surface area (Å²) in [7, 11) is 0. The molecular formula is C9H19NO. The van der Waals surface area contributed by atoms with Crippen LogP contribution in [0.15, 0.2) is 0 Å². The van der Waals surface area contributed by atoms with Crippen LogP contribution < -0.4 is 0 Å². The molecular weight excluding hydrogens is 138 g/mol. The van der Waals surface area contributed by atoms with Crippen molar-refractivity contribution in [1.29, 1.82) is 5.41 Å². The van der Waals surface area contributed by atoms with Crippen LogP contribution in [-0.2, 0) is 4.74 Å². The Bertz CT molecular complexity index is 102. The van der Waals surface area contributed by atoms with Gasteiger partial charge in [0.1, 0.15) is 0 Å². The molecule has 0 aliphatic heterocycles. The first-order valence-corrected chi connectivity index (χ1v) is 4.31. The molecule has 0 bridgehead atoms.